The number of benzene rings is 2. The summed E-state index contributed by atoms with van der Waals surface area (Å²) in [4.78, 5) is 4.00. The molecule has 2 aromatic rings. The summed E-state index contributed by atoms with van der Waals surface area (Å²) in [5.41, 5.74) is 1.94. The Balaban J connectivity index is 2.00. The Bertz CT molecular complexity index is 667. The average molecular weight is 306 g/mol. The lowest BCUT2D eigenvalue weighted by Gasteiger charge is -2.27. The summed E-state index contributed by atoms with van der Waals surface area (Å²) in [5.74, 6) is 0. The van der Waals surface area contributed by atoms with Crippen molar-refractivity contribution < 1.29 is 13.2 Å². The van der Waals surface area contributed by atoms with Crippen molar-refractivity contribution in [3.05, 3.63) is 59.7 Å². The van der Waals surface area contributed by atoms with Gasteiger partial charge in [-0.25, -0.2) is 0 Å². The van der Waals surface area contributed by atoms with E-state index in [1.54, 1.807) is 6.07 Å². The zero-order valence-electron chi connectivity index (χ0n) is 12.4. The minimum absolute atomic E-state index is 0.0127. The molecule has 0 spiro atoms. The van der Waals surface area contributed by atoms with Crippen LogP contribution in [0.1, 0.15) is 18.1 Å². The number of hydrogen-bond acceptors (Lipinski definition) is 2. The van der Waals surface area contributed by atoms with Crippen molar-refractivity contribution >= 4 is 11.4 Å². The Morgan fingerprint density at radius 2 is 1.68 bits per heavy atom. The van der Waals surface area contributed by atoms with Gasteiger partial charge in [0.25, 0.3) is 0 Å². The van der Waals surface area contributed by atoms with Gasteiger partial charge in [0, 0.05) is 13.6 Å². The van der Waals surface area contributed by atoms with Gasteiger partial charge in [0.15, 0.2) is 0 Å². The highest BCUT2D eigenvalue weighted by Gasteiger charge is 2.36. The molecule has 0 fully saturated rings. The number of alkyl halides is 3. The monoisotopic (exact) mass is 306 g/mol. The van der Waals surface area contributed by atoms with Crippen LogP contribution in [0.2, 0.25) is 0 Å². The third kappa shape index (κ3) is 2.51. The van der Waals surface area contributed by atoms with Crippen molar-refractivity contribution in [3.8, 4) is 0 Å². The fraction of sp³-hybridized carbons (Fsp3) is 0.294. The number of rotatable bonds is 2. The molecule has 1 aliphatic heterocycles. The van der Waals surface area contributed by atoms with E-state index < -0.39 is 11.7 Å². The van der Waals surface area contributed by atoms with Gasteiger partial charge in [-0.15, -0.1) is 0 Å². The van der Waals surface area contributed by atoms with Crippen LogP contribution in [0, 0.1) is 0 Å². The fourth-order valence-electron chi connectivity index (χ4n) is 2.84. The van der Waals surface area contributed by atoms with E-state index in [-0.39, 0.29) is 6.17 Å². The largest absolute Gasteiger partial charge is 0.416 e. The second-order valence-corrected chi connectivity index (χ2v) is 5.56. The molecule has 1 atom stereocenters. The van der Waals surface area contributed by atoms with E-state index >= 15 is 0 Å². The quantitative estimate of drug-likeness (QED) is 0.805. The van der Waals surface area contributed by atoms with Gasteiger partial charge >= 0.3 is 6.18 Å². The first-order chi connectivity index (χ1) is 10.4. The summed E-state index contributed by atoms with van der Waals surface area (Å²) >= 11 is 0. The summed E-state index contributed by atoms with van der Waals surface area (Å²) in [6, 6.07) is 13.7. The maximum atomic E-state index is 13.0. The molecule has 1 unspecified atom stereocenters. The fourth-order valence-corrected chi connectivity index (χ4v) is 2.84. The van der Waals surface area contributed by atoms with E-state index in [0.717, 1.165) is 17.3 Å². The minimum Gasteiger partial charge on any atom is -0.353 e. The number of halogens is 3. The van der Waals surface area contributed by atoms with Crippen LogP contribution in [0.3, 0.4) is 0 Å². The van der Waals surface area contributed by atoms with Crippen molar-refractivity contribution in [3.63, 3.8) is 0 Å². The number of nitrogens with zero attached hydrogens (tertiary/aromatic N) is 2. The molecule has 2 aromatic carbocycles. The molecule has 2 nitrogen and oxygen atoms in total. The maximum absolute atomic E-state index is 13.0. The third-order valence-corrected chi connectivity index (χ3v) is 4.20. The van der Waals surface area contributed by atoms with Crippen molar-refractivity contribution in [1.82, 2.24) is 0 Å². The molecule has 1 aliphatic rings. The number of anilines is 2. The van der Waals surface area contributed by atoms with Crippen LogP contribution >= 0.6 is 0 Å². The van der Waals surface area contributed by atoms with Gasteiger partial charge in [-0.2, -0.15) is 13.2 Å². The molecule has 0 N–H and O–H groups in total. The molecule has 0 saturated carbocycles. The summed E-state index contributed by atoms with van der Waals surface area (Å²) in [5, 5.41) is 0. The van der Waals surface area contributed by atoms with Crippen molar-refractivity contribution in [1.29, 1.82) is 0 Å². The molecule has 5 heteroatoms. The second kappa shape index (κ2) is 5.23. The van der Waals surface area contributed by atoms with Crippen molar-refractivity contribution in [2.75, 3.05) is 16.8 Å². The molecule has 1 heterocycles. The van der Waals surface area contributed by atoms with E-state index in [1.807, 2.05) is 54.1 Å². The summed E-state index contributed by atoms with van der Waals surface area (Å²) in [6.07, 6.45) is -4.31. The lowest BCUT2D eigenvalue weighted by molar-refractivity contribution is -0.137. The van der Waals surface area contributed by atoms with Crippen LogP contribution in [-0.2, 0) is 12.7 Å². The van der Waals surface area contributed by atoms with Crippen LogP contribution in [0.15, 0.2) is 48.5 Å². The Hall–Kier alpha value is -2.17. The zero-order valence-corrected chi connectivity index (χ0v) is 12.4. The van der Waals surface area contributed by atoms with Gasteiger partial charge in [-0.3, -0.25) is 0 Å². The molecule has 0 aromatic heterocycles. The van der Waals surface area contributed by atoms with Crippen LogP contribution in [-0.4, -0.2) is 13.2 Å². The van der Waals surface area contributed by atoms with Crippen LogP contribution in [0.25, 0.3) is 0 Å². The van der Waals surface area contributed by atoms with Crippen molar-refractivity contribution in [2.45, 2.75) is 25.8 Å². The molecule has 0 amide bonds. The molecule has 0 saturated heterocycles. The first kappa shape index (κ1) is 14.8. The van der Waals surface area contributed by atoms with Gasteiger partial charge < -0.3 is 9.80 Å². The Kier molecular flexibility index (Phi) is 3.51. The first-order valence-electron chi connectivity index (χ1n) is 7.12. The first-order valence-corrected chi connectivity index (χ1v) is 7.12. The standard InChI is InChI=1S/C17H17F3N2/c1-12-21(2)15-9-8-14(17(18,19)20)10-16(15)22(12)11-13-6-4-3-5-7-13/h3-10,12H,11H2,1-2H3. The van der Waals surface area contributed by atoms with E-state index in [2.05, 4.69) is 0 Å². The van der Waals surface area contributed by atoms with Gasteiger partial charge in [0.1, 0.15) is 0 Å². The topological polar surface area (TPSA) is 6.48 Å². The highest BCUT2D eigenvalue weighted by Crippen LogP contribution is 2.43. The van der Waals surface area contributed by atoms with Crippen molar-refractivity contribution in [2.24, 2.45) is 0 Å². The number of hydrogen-bond donors (Lipinski definition) is 0. The Morgan fingerprint density at radius 1 is 1.00 bits per heavy atom. The SMILES string of the molecule is CC1N(C)c2ccc(C(F)(F)F)cc2N1Cc1ccccc1. The van der Waals surface area contributed by atoms with Gasteiger partial charge in [0.2, 0.25) is 0 Å². The number of fused-ring (bicyclic) bond motifs is 1. The summed E-state index contributed by atoms with van der Waals surface area (Å²) in [7, 11) is 1.90. The average Bonchev–Trinajstić information content (AvgIpc) is 2.72. The molecule has 22 heavy (non-hydrogen) atoms. The van der Waals surface area contributed by atoms with Gasteiger partial charge in [-0.05, 0) is 30.7 Å². The lowest BCUT2D eigenvalue weighted by Crippen LogP contribution is -2.38. The Labute approximate surface area is 127 Å². The smallest absolute Gasteiger partial charge is 0.353 e. The summed E-state index contributed by atoms with van der Waals surface area (Å²) in [6.45, 7) is 2.58. The molecule has 116 valence electrons. The minimum atomic E-state index is -4.32. The highest BCUT2D eigenvalue weighted by atomic mass is 19.4. The molecule has 3 rings (SSSR count). The van der Waals surface area contributed by atoms with Gasteiger partial charge in [0.05, 0.1) is 23.1 Å². The highest BCUT2D eigenvalue weighted by molar-refractivity contribution is 5.78. The van der Waals surface area contributed by atoms with E-state index in [1.165, 1.54) is 6.07 Å². The van der Waals surface area contributed by atoms with E-state index in [4.69, 9.17) is 0 Å². The molecule has 0 radical (unpaired) electrons. The lowest BCUT2D eigenvalue weighted by atomic mass is 10.1. The molecule has 0 bridgehead atoms. The van der Waals surface area contributed by atoms with E-state index in [0.29, 0.717) is 12.2 Å². The predicted octanol–water partition coefficient (Wildman–Crippen LogP) is 4.51. The molecule has 0 aliphatic carbocycles. The Morgan fingerprint density at radius 3 is 2.32 bits per heavy atom. The second-order valence-electron chi connectivity index (χ2n) is 5.56. The predicted molar refractivity (Wildman–Crippen MR) is 81.9 cm³/mol. The maximum Gasteiger partial charge on any atom is 0.416 e. The van der Waals surface area contributed by atoms with E-state index in [9.17, 15) is 13.2 Å². The molecular weight excluding hydrogens is 289 g/mol. The van der Waals surface area contributed by atoms with Crippen LogP contribution in [0.4, 0.5) is 24.5 Å². The van der Waals surface area contributed by atoms with Crippen LogP contribution in [0.5, 0.6) is 0 Å². The zero-order chi connectivity index (χ0) is 15.9. The van der Waals surface area contributed by atoms with Gasteiger partial charge in [-0.1, -0.05) is 30.3 Å². The third-order valence-electron chi connectivity index (χ3n) is 4.20. The normalized spacial score (nSPS) is 17.8. The molecular formula is C17H17F3N2. The summed E-state index contributed by atoms with van der Waals surface area (Å²) < 4.78 is 38.9. The van der Waals surface area contributed by atoms with Crippen LogP contribution < -0.4 is 9.80 Å².